The van der Waals surface area contributed by atoms with Gasteiger partial charge in [0.25, 0.3) is 0 Å². The van der Waals surface area contributed by atoms with Gasteiger partial charge in [-0.15, -0.1) is 0 Å². The molecule has 0 aromatic rings. The van der Waals surface area contributed by atoms with Gasteiger partial charge in [0.2, 0.25) is 0 Å². The minimum atomic E-state index is -0.0689. The Morgan fingerprint density at radius 1 is 1.09 bits per heavy atom. The van der Waals surface area contributed by atoms with Crippen molar-refractivity contribution in [1.82, 2.24) is 0 Å². The summed E-state index contributed by atoms with van der Waals surface area (Å²) in [6, 6.07) is 0. The molecule has 0 radical (unpaired) electrons. The van der Waals surface area contributed by atoms with Crippen LogP contribution in [-0.4, -0.2) is 11.6 Å². The highest BCUT2D eigenvalue weighted by Gasteiger charge is 2.60. The number of carbonyl (C=O) groups excluding carboxylic acids is 2. The van der Waals surface area contributed by atoms with E-state index in [4.69, 9.17) is 0 Å². The Morgan fingerprint density at radius 2 is 1.83 bits per heavy atom. The van der Waals surface area contributed by atoms with Crippen molar-refractivity contribution >= 4 is 11.6 Å². The molecule has 0 aliphatic heterocycles. The number of allylic oxidation sites excluding steroid dienone is 4. The Labute approximate surface area is 139 Å². The first-order chi connectivity index (χ1) is 10.8. The number of hydrogen-bond acceptors (Lipinski definition) is 2. The standard InChI is InChI=1S/C21H28O2/c1-12-9-15-16-5-6-19(23)20(16,3)8-7-17(15)21(4)13(2)10-14(22)11-18(12)21/h10-12,15-17H,5-9H2,1-4H3/t12?,15-,16-,17-,20-,21+/m0/s1. The van der Waals surface area contributed by atoms with Gasteiger partial charge in [0.1, 0.15) is 5.78 Å². The number of rotatable bonds is 0. The molecule has 23 heavy (non-hydrogen) atoms. The summed E-state index contributed by atoms with van der Waals surface area (Å²) in [6.45, 7) is 9.03. The summed E-state index contributed by atoms with van der Waals surface area (Å²) >= 11 is 0. The van der Waals surface area contributed by atoms with E-state index in [2.05, 4.69) is 27.7 Å². The van der Waals surface area contributed by atoms with Crippen molar-refractivity contribution in [3.8, 4) is 0 Å². The smallest absolute Gasteiger partial charge is 0.178 e. The lowest BCUT2D eigenvalue weighted by Crippen LogP contribution is -2.52. The third-order valence-corrected chi connectivity index (χ3v) is 8.12. The maximum Gasteiger partial charge on any atom is 0.178 e. The van der Waals surface area contributed by atoms with Gasteiger partial charge in [0, 0.05) is 17.3 Å². The van der Waals surface area contributed by atoms with Crippen LogP contribution >= 0.6 is 0 Å². The molecular formula is C21H28O2. The molecule has 0 spiro atoms. The first kappa shape index (κ1) is 15.4. The Balaban J connectivity index is 1.79. The lowest BCUT2D eigenvalue weighted by molar-refractivity contribution is -0.132. The molecule has 0 saturated heterocycles. The normalized spacial score (nSPS) is 49.0. The monoisotopic (exact) mass is 312 g/mol. The largest absolute Gasteiger partial charge is 0.299 e. The minimum absolute atomic E-state index is 0.0310. The highest BCUT2D eigenvalue weighted by Crippen LogP contribution is 2.65. The van der Waals surface area contributed by atoms with Crippen LogP contribution in [0.4, 0.5) is 0 Å². The van der Waals surface area contributed by atoms with Crippen LogP contribution in [0.1, 0.15) is 59.8 Å². The van der Waals surface area contributed by atoms with Crippen LogP contribution in [0.2, 0.25) is 0 Å². The topological polar surface area (TPSA) is 34.1 Å². The Bertz CT molecular complexity index is 655. The van der Waals surface area contributed by atoms with Crippen LogP contribution in [0, 0.1) is 34.5 Å². The molecular weight excluding hydrogens is 284 g/mol. The van der Waals surface area contributed by atoms with Gasteiger partial charge in [-0.2, -0.15) is 0 Å². The van der Waals surface area contributed by atoms with Crippen molar-refractivity contribution < 1.29 is 9.59 Å². The summed E-state index contributed by atoms with van der Waals surface area (Å²) in [5, 5.41) is 0. The predicted molar refractivity (Wildman–Crippen MR) is 90.8 cm³/mol. The molecule has 0 heterocycles. The van der Waals surface area contributed by atoms with Gasteiger partial charge < -0.3 is 0 Å². The lowest BCUT2D eigenvalue weighted by Gasteiger charge is -2.58. The summed E-state index contributed by atoms with van der Waals surface area (Å²) in [5.41, 5.74) is 2.57. The van der Waals surface area contributed by atoms with Gasteiger partial charge in [-0.25, -0.2) is 0 Å². The molecule has 0 N–H and O–H groups in total. The average Bonchev–Trinajstić information content (AvgIpc) is 2.78. The summed E-state index contributed by atoms with van der Waals surface area (Å²) in [6.07, 6.45) is 8.96. The fraction of sp³-hybridized carbons (Fsp3) is 0.714. The van der Waals surface area contributed by atoms with E-state index in [1.807, 2.05) is 12.2 Å². The number of ketones is 2. The summed E-state index contributed by atoms with van der Waals surface area (Å²) in [4.78, 5) is 24.5. The first-order valence-electron chi connectivity index (χ1n) is 9.26. The highest BCUT2D eigenvalue weighted by molar-refractivity contribution is 6.02. The van der Waals surface area contributed by atoms with Crippen molar-refractivity contribution in [1.29, 1.82) is 0 Å². The number of fused-ring (bicyclic) bond motifs is 5. The van der Waals surface area contributed by atoms with Crippen LogP contribution in [0.25, 0.3) is 0 Å². The van der Waals surface area contributed by atoms with Gasteiger partial charge in [-0.05, 0) is 68.4 Å². The van der Waals surface area contributed by atoms with E-state index in [0.29, 0.717) is 29.5 Å². The SMILES string of the molecule is CC1=CC(=O)C=C2C(C)C[C@@H]3[C@H](CC[C@]4(C)C(=O)CC[C@@H]34)[C@@]12C. The van der Waals surface area contributed by atoms with Crippen LogP contribution in [0.5, 0.6) is 0 Å². The molecule has 2 nitrogen and oxygen atoms in total. The second kappa shape index (κ2) is 4.68. The van der Waals surface area contributed by atoms with E-state index >= 15 is 0 Å². The van der Waals surface area contributed by atoms with Crippen molar-refractivity contribution in [2.45, 2.75) is 59.8 Å². The molecule has 4 aliphatic rings. The first-order valence-corrected chi connectivity index (χ1v) is 9.26. The second-order valence-electron chi connectivity index (χ2n) is 8.96. The van der Waals surface area contributed by atoms with E-state index < -0.39 is 0 Å². The molecule has 6 atom stereocenters. The Morgan fingerprint density at radius 3 is 2.57 bits per heavy atom. The van der Waals surface area contributed by atoms with E-state index in [9.17, 15) is 9.59 Å². The lowest BCUT2D eigenvalue weighted by atomic mass is 9.45. The molecule has 0 aromatic heterocycles. The maximum absolute atomic E-state index is 12.5. The van der Waals surface area contributed by atoms with Gasteiger partial charge in [0.05, 0.1) is 0 Å². The fourth-order valence-electron chi connectivity index (χ4n) is 6.74. The van der Waals surface area contributed by atoms with Crippen molar-refractivity contribution in [2.24, 2.45) is 34.5 Å². The molecule has 4 rings (SSSR count). The molecule has 0 aromatic carbocycles. The van der Waals surface area contributed by atoms with Crippen LogP contribution < -0.4 is 0 Å². The quantitative estimate of drug-likeness (QED) is 0.660. The van der Waals surface area contributed by atoms with Gasteiger partial charge in [-0.1, -0.05) is 31.9 Å². The average molecular weight is 312 g/mol. The molecule has 3 saturated carbocycles. The van der Waals surface area contributed by atoms with Crippen LogP contribution in [-0.2, 0) is 9.59 Å². The van der Waals surface area contributed by atoms with Gasteiger partial charge in [0.15, 0.2) is 5.78 Å². The Hall–Kier alpha value is -1.18. The maximum atomic E-state index is 12.5. The van der Waals surface area contributed by atoms with Crippen molar-refractivity contribution in [3.63, 3.8) is 0 Å². The number of hydrogen-bond donors (Lipinski definition) is 0. The summed E-state index contributed by atoms with van der Waals surface area (Å²) < 4.78 is 0. The summed E-state index contributed by atoms with van der Waals surface area (Å²) in [7, 11) is 0. The highest BCUT2D eigenvalue weighted by atomic mass is 16.1. The molecule has 124 valence electrons. The van der Waals surface area contributed by atoms with E-state index in [-0.39, 0.29) is 16.6 Å². The second-order valence-corrected chi connectivity index (χ2v) is 8.96. The number of Topliss-reactive ketones (excluding diaryl/α,β-unsaturated/α-hetero) is 1. The van der Waals surface area contributed by atoms with Crippen LogP contribution in [0.15, 0.2) is 23.3 Å². The summed E-state index contributed by atoms with van der Waals surface area (Å²) in [5.74, 6) is 2.90. The molecule has 2 heteroatoms. The van der Waals surface area contributed by atoms with E-state index in [0.717, 1.165) is 32.1 Å². The molecule has 4 aliphatic carbocycles. The zero-order valence-electron chi connectivity index (χ0n) is 14.8. The number of carbonyl (C=O) groups is 2. The van der Waals surface area contributed by atoms with Gasteiger partial charge in [-0.3, -0.25) is 9.59 Å². The minimum Gasteiger partial charge on any atom is -0.299 e. The molecule has 0 bridgehead atoms. The van der Waals surface area contributed by atoms with Crippen molar-refractivity contribution in [2.75, 3.05) is 0 Å². The van der Waals surface area contributed by atoms with E-state index in [1.165, 1.54) is 11.1 Å². The molecule has 3 fully saturated rings. The molecule has 1 unspecified atom stereocenters. The fourth-order valence-corrected chi connectivity index (χ4v) is 6.74. The van der Waals surface area contributed by atoms with E-state index in [1.54, 1.807) is 0 Å². The zero-order valence-corrected chi connectivity index (χ0v) is 14.8. The Kier molecular flexibility index (Phi) is 3.12. The van der Waals surface area contributed by atoms with Crippen LogP contribution in [0.3, 0.4) is 0 Å². The molecule has 0 amide bonds. The van der Waals surface area contributed by atoms with Gasteiger partial charge >= 0.3 is 0 Å². The third kappa shape index (κ3) is 1.81. The predicted octanol–water partition coefficient (Wildman–Crippen LogP) is 4.50. The third-order valence-electron chi connectivity index (χ3n) is 8.12. The van der Waals surface area contributed by atoms with Crippen molar-refractivity contribution in [3.05, 3.63) is 23.3 Å². The zero-order chi connectivity index (χ0) is 16.6.